The number of nitrogens with one attached hydrogen (secondary N) is 2. The van der Waals surface area contributed by atoms with Gasteiger partial charge in [-0.15, -0.1) is 0 Å². The molecule has 1 aliphatic rings. The molecule has 28 heavy (non-hydrogen) atoms. The maximum absolute atomic E-state index is 12.7. The minimum atomic E-state index is -1.28. The number of benzene rings is 1. The van der Waals surface area contributed by atoms with E-state index in [-0.39, 0.29) is 17.5 Å². The van der Waals surface area contributed by atoms with E-state index in [1.54, 1.807) is 12.1 Å². The largest absolute Gasteiger partial charge is 0.451 e. The van der Waals surface area contributed by atoms with Crippen LogP contribution in [0.3, 0.4) is 0 Å². The Labute approximate surface area is 166 Å². The quantitative estimate of drug-likeness (QED) is 0.506. The summed E-state index contributed by atoms with van der Waals surface area (Å²) in [6, 6.07) is 4.39. The fraction of sp³-hybridized carbons (Fsp3) is 0.389. The molecule has 10 heteroatoms. The minimum absolute atomic E-state index is 0.176. The first-order valence-corrected chi connectivity index (χ1v) is 9.90. The zero-order valence-electron chi connectivity index (χ0n) is 15.7. The number of rotatable bonds is 7. The van der Waals surface area contributed by atoms with Crippen molar-refractivity contribution in [3.05, 3.63) is 35.4 Å². The first-order chi connectivity index (χ1) is 13.3. The monoisotopic (exact) mass is 407 g/mol. The fourth-order valence-corrected chi connectivity index (χ4v) is 3.11. The normalized spacial score (nSPS) is 14.9. The molecular weight excluding hydrogens is 386 g/mol. The van der Waals surface area contributed by atoms with Crippen LogP contribution in [0.4, 0.5) is 4.79 Å². The zero-order chi connectivity index (χ0) is 20.8. The topological polar surface area (TPSA) is 122 Å². The highest BCUT2D eigenvalue weighted by molar-refractivity contribution is 7.98. The number of urea groups is 1. The number of fused-ring (bicyclic) bond motifs is 1. The second kappa shape index (κ2) is 9.36. The van der Waals surface area contributed by atoms with E-state index in [0.717, 1.165) is 4.90 Å². The Kier molecular flexibility index (Phi) is 7.16. The molecule has 1 heterocycles. The maximum atomic E-state index is 12.7. The van der Waals surface area contributed by atoms with E-state index in [9.17, 15) is 24.0 Å². The molecule has 0 saturated carbocycles. The predicted molar refractivity (Wildman–Crippen MR) is 102 cm³/mol. The molecule has 0 aliphatic carbocycles. The molecule has 1 aromatic carbocycles. The van der Waals surface area contributed by atoms with E-state index in [1.807, 2.05) is 11.6 Å². The van der Waals surface area contributed by atoms with Gasteiger partial charge in [-0.1, -0.05) is 12.1 Å². The molecule has 0 aromatic heterocycles. The van der Waals surface area contributed by atoms with Gasteiger partial charge in [0.15, 0.2) is 6.10 Å². The summed E-state index contributed by atoms with van der Waals surface area (Å²) in [6.45, 7) is 1.30. The van der Waals surface area contributed by atoms with Crippen molar-refractivity contribution in [2.45, 2.75) is 25.5 Å². The van der Waals surface area contributed by atoms with Crippen LogP contribution in [-0.4, -0.2) is 65.8 Å². The summed E-state index contributed by atoms with van der Waals surface area (Å²) in [4.78, 5) is 62.1. The molecule has 150 valence electrons. The SMILES string of the molecule is CNC(=O)NC(=O)[C@@H](C)OC(=O)[C@H](CCSC)N1C(=O)c2ccccc2C1=O. The summed E-state index contributed by atoms with van der Waals surface area (Å²) in [5.41, 5.74) is 0.444. The molecule has 0 spiro atoms. The highest BCUT2D eigenvalue weighted by Crippen LogP contribution is 2.26. The first-order valence-electron chi connectivity index (χ1n) is 8.50. The van der Waals surface area contributed by atoms with Crippen LogP contribution in [0.15, 0.2) is 24.3 Å². The minimum Gasteiger partial charge on any atom is -0.451 e. The van der Waals surface area contributed by atoms with Gasteiger partial charge >= 0.3 is 12.0 Å². The Balaban J connectivity index is 2.18. The van der Waals surface area contributed by atoms with Crippen molar-refractivity contribution in [2.75, 3.05) is 19.1 Å². The summed E-state index contributed by atoms with van der Waals surface area (Å²) in [6.07, 6.45) is 0.719. The van der Waals surface area contributed by atoms with Gasteiger partial charge in [0.2, 0.25) is 0 Å². The highest BCUT2D eigenvalue weighted by atomic mass is 32.2. The van der Waals surface area contributed by atoms with Crippen LogP contribution in [0.2, 0.25) is 0 Å². The van der Waals surface area contributed by atoms with Crippen LogP contribution < -0.4 is 10.6 Å². The summed E-state index contributed by atoms with van der Waals surface area (Å²) in [5.74, 6) is -2.37. The van der Waals surface area contributed by atoms with E-state index in [1.165, 1.54) is 37.9 Å². The van der Waals surface area contributed by atoms with E-state index < -0.39 is 41.9 Å². The molecule has 2 rings (SSSR count). The van der Waals surface area contributed by atoms with Gasteiger partial charge in [0.1, 0.15) is 6.04 Å². The summed E-state index contributed by atoms with van der Waals surface area (Å²) in [5, 5.41) is 4.21. The van der Waals surface area contributed by atoms with Crippen molar-refractivity contribution >= 4 is 41.5 Å². The van der Waals surface area contributed by atoms with E-state index >= 15 is 0 Å². The maximum Gasteiger partial charge on any atom is 0.330 e. The van der Waals surface area contributed by atoms with Crippen molar-refractivity contribution in [3.63, 3.8) is 0 Å². The lowest BCUT2D eigenvalue weighted by Gasteiger charge is -2.25. The Bertz CT molecular complexity index is 777. The lowest BCUT2D eigenvalue weighted by atomic mass is 10.1. The van der Waals surface area contributed by atoms with E-state index in [2.05, 4.69) is 5.32 Å². The number of carbonyl (C=O) groups excluding carboxylic acids is 5. The molecular formula is C18H21N3O6S. The van der Waals surface area contributed by atoms with Crippen LogP contribution in [0.25, 0.3) is 0 Å². The number of esters is 1. The molecule has 0 saturated heterocycles. The molecule has 0 fully saturated rings. The van der Waals surface area contributed by atoms with Crippen LogP contribution in [0, 0.1) is 0 Å². The zero-order valence-corrected chi connectivity index (χ0v) is 16.5. The molecule has 2 atom stereocenters. The fourth-order valence-electron chi connectivity index (χ4n) is 2.66. The Morgan fingerprint density at radius 2 is 1.71 bits per heavy atom. The average molecular weight is 407 g/mol. The van der Waals surface area contributed by atoms with Crippen molar-refractivity contribution in [1.82, 2.24) is 15.5 Å². The second-order valence-electron chi connectivity index (χ2n) is 5.97. The number of hydrogen-bond acceptors (Lipinski definition) is 7. The van der Waals surface area contributed by atoms with E-state index in [0.29, 0.717) is 5.75 Å². The van der Waals surface area contributed by atoms with Crippen molar-refractivity contribution < 1.29 is 28.7 Å². The third kappa shape index (κ3) is 4.50. The van der Waals surface area contributed by atoms with Gasteiger partial charge in [0.25, 0.3) is 17.7 Å². The number of hydrogen-bond donors (Lipinski definition) is 2. The molecule has 9 nitrogen and oxygen atoms in total. The first kappa shape index (κ1) is 21.4. The second-order valence-corrected chi connectivity index (χ2v) is 6.96. The third-order valence-electron chi connectivity index (χ3n) is 4.13. The number of amides is 5. The summed E-state index contributed by atoms with van der Waals surface area (Å²) in [7, 11) is 1.33. The Morgan fingerprint density at radius 3 is 2.21 bits per heavy atom. The number of imide groups is 2. The molecule has 1 aliphatic heterocycles. The van der Waals surface area contributed by atoms with Crippen molar-refractivity contribution in [2.24, 2.45) is 0 Å². The third-order valence-corrected chi connectivity index (χ3v) is 4.77. The van der Waals surface area contributed by atoms with Gasteiger partial charge in [0, 0.05) is 7.05 Å². The molecule has 0 bridgehead atoms. The van der Waals surface area contributed by atoms with Gasteiger partial charge in [-0.05, 0) is 37.5 Å². The number of ether oxygens (including phenoxy) is 1. The van der Waals surface area contributed by atoms with Gasteiger partial charge in [-0.2, -0.15) is 11.8 Å². The number of thioether (sulfide) groups is 1. The highest BCUT2D eigenvalue weighted by Gasteiger charge is 2.43. The predicted octanol–water partition coefficient (Wildman–Crippen LogP) is 0.792. The Hall–Kier alpha value is -2.88. The molecule has 5 amide bonds. The van der Waals surface area contributed by atoms with E-state index in [4.69, 9.17) is 4.74 Å². The van der Waals surface area contributed by atoms with Crippen LogP contribution in [-0.2, 0) is 14.3 Å². The summed E-state index contributed by atoms with van der Waals surface area (Å²) < 4.78 is 5.14. The summed E-state index contributed by atoms with van der Waals surface area (Å²) >= 11 is 1.44. The lowest BCUT2D eigenvalue weighted by molar-refractivity contribution is -0.158. The van der Waals surface area contributed by atoms with Crippen molar-refractivity contribution in [1.29, 1.82) is 0 Å². The smallest absolute Gasteiger partial charge is 0.330 e. The van der Waals surface area contributed by atoms with Crippen molar-refractivity contribution in [3.8, 4) is 0 Å². The van der Waals surface area contributed by atoms with Gasteiger partial charge in [-0.25, -0.2) is 9.59 Å². The average Bonchev–Trinajstić information content (AvgIpc) is 2.93. The lowest BCUT2D eigenvalue weighted by Crippen LogP contribution is -2.49. The van der Waals surface area contributed by atoms with Gasteiger partial charge in [-0.3, -0.25) is 24.6 Å². The van der Waals surface area contributed by atoms with Crippen LogP contribution in [0.1, 0.15) is 34.1 Å². The number of carbonyl (C=O) groups is 5. The number of nitrogens with zero attached hydrogens (tertiary/aromatic N) is 1. The van der Waals surface area contributed by atoms with Crippen LogP contribution >= 0.6 is 11.8 Å². The van der Waals surface area contributed by atoms with Gasteiger partial charge < -0.3 is 10.1 Å². The standard InChI is InChI=1S/C18H21N3O6S/c1-10(14(22)20-18(26)19-2)27-17(25)13(8-9-28-3)21-15(23)11-6-4-5-7-12(11)16(21)24/h4-7,10,13H,8-9H2,1-3H3,(H2,19,20,22,26)/t10-,13+/m1/s1. The molecule has 2 N–H and O–H groups in total. The molecule has 1 aromatic rings. The van der Waals surface area contributed by atoms with Crippen LogP contribution in [0.5, 0.6) is 0 Å². The molecule has 0 unspecified atom stereocenters. The molecule has 0 radical (unpaired) electrons. The van der Waals surface area contributed by atoms with Gasteiger partial charge in [0.05, 0.1) is 11.1 Å². The Morgan fingerprint density at radius 1 is 1.14 bits per heavy atom.